The number of ether oxygens (including phenoxy) is 2. The number of nitrogens with zero attached hydrogens (tertiary/aromatic N) is 3. The maximum Gasteiger partial charge on any atom is 0.138 e. The van der Waals surface area contributed by atoms with Crippen LogP contribution in [-0.2, 0) is 4.74 Å². The molecule has 0 aliphatic carbocycles. The summed E-state index contributed by atoms with van der Waals surface area (Å²) in [5.74, 6) is 1.16. The number of morpholine rings is 1. The Morgan fingerprint density at radius 2 is 1.92 bits per heavy atom. The van der Waals surface area contributed by atoms with Crippen LogP contribution in [0.5, 0.6) is 5.75 Å². The van der Waals surface area contributed by atoms with Gasteiger partial charge in [-0.05, 0) is 77.6 Å². The maximum absolute atomic E-state index is 9.50. The molecular formula is C30H32N4O2. The van der Waals surface area contributed by atoms with Crippen LogP contribution in [0.4, 0.5) is 0 Å². The lowest BCUT2D eigenvalue weighted by atomic mass is 9.92. The number of aromatic amines is 1. The average molecular weight is 481 g/mol. The highest BCUT2D eigenvalue weighted by Crippen LogP contribution is 2.35. The number of rotatable bonds is 7. The van der Waals surface area contributed by atoms with E-state index in [0.717, 1.165) is 88.7 Å². The molecule has 0 bridgehead atoms. The molecule has 6 heteroatoms. The molecule has 0 unspecified atom stereocenters. The minimum absolute atomic E-state index is 0.274. The van der Waals surface area contributed by atoms with E-state index in [2.05, 4.69) is 66.0 Å². The lowest BCUT2D eigenvalue weighted by molar-refractivity contribution is 0.0322. The summed E-state index contributed by atoms with van der Waals surface area (Å²) in [5, 5.41) is 10.6. The Morgan fingerprint density at radius 1 is 1.08 bits per heavy atom. The van der Waals surface area contributed by atoms with E-state index in [0.29, 0.717) is 6.61 Å². The van der Waals surface area contributed by atoms with E-state index < -0.39 is 0 Å². The second kappa shape index (κ2) is 10.5. The van der Waals surface area contributed by atoms with Crippen molar-refractivity contribution in [1.29, 1.82) is 5.26 Å². The van der Waals surface area contributed by atoms with E-state index in [1.165, 1.54) is 0 Å². The van der Waals surface area contributed by atoms with Crippen molar-refractivity contribution >= 4 is 11.0 Å². The first kappa shape index (κ1) is 24.1. The van der Waals surface area contributed by atoms with Gasteiger partial charge in [0.25, 0.3) is 0 Å². The third kappa shape index (κ3) is 4.99. The van der Waals surface area contributed by atoms with Crippen LogP contribution in [0.2, 0.25) is 0 Å². The molecule has 36 heavy (non-hydrogen) atoms. The molecule has 1 aliphatic heterocycles. The number of fused-ring (bicyclic) bond motifs is 1. The van der Waals surface area contributed by atoms with Crippen LogP contribution in [0.15, 0.2) is 54.7 Å². The molecule has 2 aromatic heterocycles. The van der Waals surface area contributed by atoms with Crippen molar-refractivity contribution in [2.45, 2.75) is 26.7 Å². The van der Waals surface area contributed by atoms with Crippen LogP contribution in [-0.4, -0.2) is 54.3 Å². The minimum Gasteiger partial charge on any atom is -0.492 e. The fraction of sp³-hybridized carbons (Fsp3) is 0.333. The van der Waals surface area contributed by atoms with Crippen LogP contribution < -0.4 is 4.74 Å². The normalized spacial score (nSPS) is 14.3. The number of H-pyrrole nitrogens is 1. The van der Waals surface area contributed by atoms with Crippen LogP contribution in [0, 0.1) is 18.3 Å². The summed E-state index contributed by atoms with van der Waals surface area (Å²) < 4.78 is 11.4. The Balaban J connectivity index is 1.39. The molecule has 1 aliphatic rings. The van der Waals surface area contributed by atoms with Gasteiger partial charge in [0, 0.05) is 42.5 Å². The Labute approximate surface area is 212 Å². The van der Waals surface area contributed by atoms with E-state index in [1.807, 2.05) is 30.5 Å². The van der Waals surface area contributed by atoms with Gasteiger partial charge < -0.3 is 14.5 Å². The van der Waals surface area contributed by atoms with E-state index in [1.54, 1.807) is 0 Å². The van der Waals surface area contributed by atoms with E-state index in [4.69, 9.17) is 9.47 Å². The van der Waals surface area contributed by atoms with Crippen molar-refractivity contribution in [1.82, 2.24) is 14.9 Å². The SMILES string of the molecule is Cc1cc(OCCN2CCOCC2)ccc1-c1cc2c(-c3ccc(C#N)c(C(C)C)c3)ccnc2[nH]1. The number of hydrogen-bond acceptors (Lipinski definition) is 5. The molecule has 5 rings (SSSR count). The summed E-state index contributed by atoms with van der Waals surface area (Å²) in [4.78, 5) is 10.5. The zero-order valence-electron chi connectivity index (χ0n) is 21.2. The van der Waals surface area contributed by atoms with Crippen LogP contribution in [0.25, 0.3) is 33.4 Å². The smallest absolute Gasteiger partial charge is 0.138 e. The first-order valence-electron chi connectivity index (χ1n) is 12.6. The van der Waals surface area contributed by atoms with Crippen LogP contribution >= 0.6 is 0 Å². The predicted octanol–water partition coefficient (Wildman–Crippen LogP) is 5.91. The molecule has 6 nitrogen and oxygen atoms in total. The molecule has 3 heterocycles. The number of aryl methyl sites for hydroxylation is 1. The molecule has 1 N–H and O–H groups in total. The van der Waals surface area contributed by atoms with E-state index >= 15 is 0 Å². The van der Waals surface area contributed by atoms with E-state index in [-0.39, 0.29) is 5.92 Å². The zero-order chi connectivity index (χ0) is 25.1. The number of hydrogen-bond donors (Lipinski definition) is 1. The fourth-order valence-corrected chi connectivity index (χ4v) is 4.88. The summed E-state index contributed by atoms with van der Waals surface area (Å²) in [5.41, 5.74) is 8.15. The van der Waals surface area contributed by atoms with Gasteiger partial charge in [0.1, 0.15) is 18.0 Å². The van der Waals surface area contributed by atoms with E-state index in [9.17, 15) is 5.26 Å². The summed E-state index contributed by atoms with van der Waals surface area (Å²) in [6.45, 7) is 11.5. The molecule has 0 atom stereocenters. The van der Waals surface area contributed by atoms with Gasteiger partial charge in [-0.2, -0.15) is 5.26 Å². The maximum atomic E-state index is 9.50. The molecule has 0 spiro atoms. The van der Waals surface area contributed by atoms with Gasteiger partial charge in [-0.1, -0.05) is 19.9 Å². The van der Waals surface area contributed by atoms with Gasteiger partial charge in [0.2, 0.25) is 0 Å². The molecule has 1 fully saturated rings. The topological polar surface area (TPSA) is 74.2 Å². The van der Waals surface area contributed by atoms with Gasteiger partial charge in [0.15, 0.2) is 0 Å². The quantitative estimate of drug-likeness (QED) is 0.356. The Morgan fingerprint density at radius 3 is 2.67 bits per heavy atom. The van der Waals surface area contributed by atoms with Crippen molar-refractivity contribution in [3.63, 3.8) is 0 Å². The number of benzene rings is 2. The highest BCUT2D eigenvalue weighted by atomic mass is 16.5. The molecule has 0 saturated carbocycles. The third-order valence-electron chi connectivity index (χ3n) is 6.90. The standard InChI is InChI=1S/C30H32N4O2/c1-20(2)27-17-22(4-5-23(27)19-31)26-8-9-32-30-28(26)18-29(33-30)25-7-6-24(16-21(25)3)36-15-12-34-10-13-35-14-11-34/h4-9,16-18,20H,10-15H2,1-3H3,(H,32,33). The third-order valence-corrected chi connectivity index (χ3v) is 6.90. The first-order valence-corrected chi connectivity index (χ1v) is 12.6. The van der Waals surface area contributed by atoms with Crippen LogP contribution in [0.1, 0.15) is 36.5 Å². The van der Waals surface area contributed by atoms with Gasteiger partial charge >= 0.3 is 0 Å². The first-order chi connectivity index (χ1) is 17.5. The number of aromatic nitrogens is 2. The zero-order valence-corrected chi connectivity index (χ0v) is 21.2. The number of pyridine rings is 1. The van der Waals surface area contributed by atoms with Crippen molar-refractivity contribution in [3.05, 3.63) is 71.4 Å². The summed E-state index contributed by atoms with van der Waals surface area (Å²) in [6, 6.07) is 18.9. The van der Waals surface area contributed by atoms with Crippen molar-refractivity contribution < 1.29 is 9.47 Å². The fourth-order valence-electron chi connectivity index (χ4n) is 4.88. The lowest BCUT2D eigenvalue weighted by Gasteiger charge is -2.26. The number of nitriles is 1. The molecule has 0 amide bonds. The predicted molar refractivity (Wildman–Crippen MR) is 143 cm³/mol. The second-order valence-corrected chi connectivity index (χ2v) is 9.65. The van der Waals surface area contributed by atoms with Gasteiger partial charge in [-0.15, -0.1) is 0 Å². The number of nitrogens with one attached hydrogen (secondary N) is 1. The molecular weight excluding hydrogens is 448 g/mol. The molecule has 0 radical (unpaired) electrons. The van der Waals surface area contributed by atoms with Gasteiger partial charge in [0.05, 0.1) is 24.8 Å². The van der Waals surface area contributed by atoms with Crippen LogP contribution in [0.3, 0.4) is 0 Å². The Bertz CT molecular complexity index is 1410. The minimum atomic E-state index is 0.274. The molecule has 184 valence electrons. The summed E-state index contributed by atoms with van der Waals surface area (Å²) in [6.07, 6.45) is 1.84. The van der Waals surface area contributed by atoms with Crippen molar-refractivity contribution in [3.8, 4) is 34.2 Å². The molecule has 2 aromatic carbocycles. The monoisotopic (exact) mass is 480 g/mol. The Kier molecular flexibility index (Phi) is 7.04. The van der Waals surface area contributed by atoms with Crippen molar-refractivity contribution in [2.24, 2.45) is 0 Å². The summed E-state index contributed by atoms with van der Waals surface area (Å²) >= 11 is 0. The van der Waals surface area contributed by atoms with Gasteiger partial charge in [-0.25, -0.2) is 4.98 Å². The highest BCUT2D eigenvalue weighted by molar-refractivity contribution is 5.96. The highest BCUT2D eigenvalue weighted by Gasteiger charge is 2.15. The largest absolute Gasteiger partial charge is 0.492 e. The lowest BCUT2D eigenvalue weighted by Crippen LogP contribution is -2.38. The second-order valence-electron chi connectivity index (χ2n) is 9.65. The average Bonchev–Trinajstić information content (AvgIpc) is 3.33. The summed E-state index contributed by atoms with van der Waals surface area (Å²) in [7, 11) is 0. The van der Waals surface area contributed by atoms with Gasteiger partial charge in [-0.3, -0.25) is 4.90 Å². The Hall–Kier alpha value is -3.66. The molecule has 1 saturated heterocycles. The molecule has 4 aromatic rings. The van der Waals surface area contributed by atoms with Crippen molar-refractivity contribution in [2.75, 3.05) is 39.5 Å².